The third-order valence-electron chi connectivity index (χ3n) is 7.51. The third kappa shape index (κ3) is 3.83. The Morgan fingerprint density at radius 3 is 2.20 bits per heavy atom. The first kappa shape index (κ1) is 23.3. The van der Waals surface area contributed by atoms with E-state index in [1.807, 2.05) is 55.5 Å². The van der Waals surface area contributed by atoms with Gasteiger partial charge in [-0.3, -0.25) is 4.79 Å². The number of carbonyl (C=O) groups is 3. The SMILES string of the molecule is CC12CN(C(=O)C(CC(F)F)NC(=O)OCC3c4ccccc4-c4ccccc43)C(C(=O)O)(C1)C2. The molecule has 2 saturated heterocycles. The van der Waals surface area contributed by atoms with Crippen molar-refractivity contribution in [3.05, 3.63) is 59.7 Å². The Morgan fingerprint density at radius 1 is 1.09 bits per heavy atom. The molecule has 0 aromatic heterocycles. The molecule has 2 heterocycles. The molecule has 3 fully saturated rings. The average molecular weight is 484 g/mol. The fourth-order valence-corrected chi connectivity index (χ4v) is 6.12. The molecule has 2 aromatic rings. The van der Waals surface area contributed by atoms with E-state index in [9.17, 15) is 28.3 Å². The Hall–Kier alpha value is -3.49. The highest BCUT2D eigenvalue weighted by atomic mass is 19.3. The van der Waals surface area contributed by atoms with E-state index in [0.717, 1.165) is 27.2 Å². The van der Waals surface area contributed by atoms with Crippen LogP contribution in [-0.4, -0.2) is 59.1 Å². The summed E-state index contributed by atoms with van der Waals surface area (Å²) < 4.78 is 32.0. The molecule has 7 nitrogen and oxygen atoms in total. The Balaban J connectivity index is 1.29. The zero-order valence-electron chi connectivity index (χ0n) is 19.2. The van der Waals surface area contributed by atoms with Gasteiger partial charge in [0, 0.05) is 18.9 Å². The number of hydrogen-bond acceptors (Lipinski definition) is 4. The summed E-state index contributed by atoms with van der Waals surface area (Å²) in [4.78, 5) is 38.8. The van der Waals surface area contributed by atoms with Crippen molar-refractivity contribution in [3.8, 4) is 11.1 Å². The summed E-state index contributed by atoms with van der Waals surface area (Å²) >= 11 is 0. The minimum absolute atomic E-state index is 0.0315. The van der Waals surface area contributed by atoms with Crippen LogP contribution in [-0.2, 0) is 14.3 Å². The van der Waals surface area contributed by atoms with Crippen LogP contribution in [0.25, 0.3) is 11.1 Å². The molecule has 2 aliphatic carbocycles. The molecule has 1 saturated carbocycles. The number of nitrogens with zero attached hydrogens (tertiary/aromatic N) is 1. The number of alkyl carbamates (subject to hydrolysis) is 1. The number of hydrogen-bond donors (Lipinski definition) is 2. The van der Waals surface area contributed by atoms with Crippen molar-refractivity contribution in [2.75, 3.05) is 13.2 Å². The highest BCUT2D eigenvalue weighted by molar-refractivity contribution is 5.93. The van der Waals surface area contributed by atoms with E-state index in [1.165, 1.54) is 0 Å². The lowest BCUT2D eigenvalue weighted by molar-refractivity contribution is -0.160. The zero-order valence-corrected chi connectivity index (χ0v) is 19.2. The van der Waals surface area contributed by atoms with E-state index < -0.39 is 42.4 Å². The second kappa shape index (κ2) is 8.32. The first-order valence-electron chi connectivity index (χ1n) is 11.6. The van der Waals surface area contributed by atoms with Gasteiger partial charge in [0.1, 0.15) is 18.2 Å². The molecule has 2 aromatic carbocycles. The van der Waals surface area contributed by atoms with Crippen molar-refractivity contribution in [1.82, 2.24) is 10.2 Å². The number of nitrogens with one attached hydrogen (secondary N) is 1. The average Bonchev–Trinajstić information content (AvgIpc) is 3.40. The number of alkyl halides is 2. The van der Waals surface area contributed by atoms with Crippen LogP contribution in [0.5, 0.6) is 0 Å². The maximum Gasteiger partial charge on any atom is 0.407 e. The number of halogens is 2. The van der Waals surface area contributed by atoms with Crippen LogP contribution >= 0.6 is 0 Å². The molecule has 2 aliphatic heterocycles. The standard InChI is InChI=1S/C26H26F2N2O5/c1-25-12-26(13-25,23(32)33)30(14-25)22(31)20(10-21(27)28)29-24(34)35-11-19-17-8-4-2-6-15(17)16-7-3-5-9-18(16)19/h2-9,19-21H,10-14H2,1H3,(H,29,34)(H,32,33). The number of benzene rings is 2. The van der Waals surface area contributed by atoms with Gasteiger partial charge in [0.25, 0.3) is 0 Å². The first-order chi connectivity index (χ1) is 16.6. The van der Waals surface area contributed by atoms with Crippen LogP contribution in [0.2, 0.25) is 0 Å². The molecule has 2 bridgehead atoms. The maximum atomic E-state index is 13.3. The summed E-state index contributed by atoms with van der Waals surface area (Å²) in [6, 6.07) is 14.0. The number of carboxylic acids is 1. The molecular formula is C26H26F2N2O5. The van der Waals surface area contributed by atoms with Gasteiger partial charge in [0.05, 0.1) is 0 Å². The van der Waals surface area contributed by atoms with Crippen molar-refractivity contribution in [3.63, 3.8) is 0 Å². The predicted octanol–water partition coefficient (Wildman–Crippen LogP) is 4.01. The van der Waals surface area contributed by atoms with Gasteiger partial charge in [0.2, 0.25) is 12.3 Å². The number of carboxylic acid groups (broad SMARTS) is 1. The van der Waals surface area contributed by atoms with Gasteiger partial charge in [-0.15, -0.1) is 0 Å². The van der Waals surface area contributed by atoms with E-state index >= 15 is 0 Å². The van der Waals surface area contributed by atoms with Crippen molar-refractivity contribution in [2.24, 2.45) is 5.41 Å². The van der Waals surface area contributed by atoms with Crippen molar-refractivity contribution < 1.29 is 33.0 Å². The van der Waals surface area contributed by atoms with Gasteiger partial charge in [-0.2, -0.15) is 0 Å². The number of carbonyl (C=O) groups excluding carboxylic acids is 2. The summed E-state index contributed by atoms with van der Waals surface area (Å²) in [6.45, 7) is 1.99. The molecule has 35 heavy (non-hydrogen) atoms. The Kier molecular flexibility index (Phi) is 5.53. The lowest BCUT2D eigenvalue weighted by Crippen LogP contribution is -2.60. The van der Waals surface area contributed by atoms with Gasteiger partial charge in [-0.25, -0.2) is 18.4 Å². The van der Waals surface area contributed by atoms with Crippen molar-refractivity contribution >= 4 is 18.0 Å². The van der Waals surface area contributed by atoms with Crippen LogP contribution in [0.15, 0.2) is 48.5 Å². The number of fused-ring (bicyclic) bond motifs is 4. The van der Waals surface area contributed by atoms with Crippen LogP contribution < -0.4 is 5.32 Å². The fourth-order valence-electron chi connectivity index (χ4n) is 6.12. The smallest absolute Gasteiger partial charge is 0.407 e. The molecule has 1 unspecified atom stereocenters. The van der Waals surface area contributed by atoms with E-state index in [2.05, 4.69) is 5.32 Å². The molecule has 6 rings (SSSR count). The second-order valence-corrected chi connectivity index (χ2v) is 10.1. The van der Waals surface area contributed by atoms with Crippen LogP contribution in [0.4, 0.5) is 13.6 Å². The first-order valence-corrected chi connectivity index (χ1v) is 11.6. The quantitative estimate of drug-likeness (QED) is 0.619. The maximum absolute atomic E-state index is 13.3. The number of rotatable bonds is 7. The summed E-state index contributed by atoms with van der Waals surface area (Å²) in [7, 11) is 0. The van der Waals surface area contributed by atoms with E-state index in [0.29, 0.717) is 0 Å². The van der Waals surface area contributed by atoms with E-state index in [-0.39, 0.29) is 37.3 Å². The van der Waals surface area contributed by atoms with Gasteiger partial charge in [-0.05, 0) is 40.5 Å². The summed E-state index contributed by atoms with van der Waals surface area (Å²) in [5.41, 5.74) is 2.33. The molecule has 0 radical (unpaired) electrons. The monoisotopic (exact) mass is 484 g/mol. The minimum Gasteiger partial charge on any atom is -0.479 e. The van der Waals surface area contributed by atoms with Crippen LogP contribution in [0, 0.1) is 5.41 Å². The summed E-state index contributed by atoms with van der Waals surface area (Å²) in [6.07, 6.45) is -4.24. The molecule has 0 spiro atoms. The van der Waals surface area contributed by atoms with Crippen LogP contribution in [0.1, 0.15) is 43.2 Å². The van der Waals surface area contributed by atoms with Gasteiger partial charge < -0.3 is 20.1 Å². The molecule has 9 heteroatoms. The number of amides is 2. The van der Waals surface area contributed by atoms with Crippen LogP contribution in [0.3, 0.4) is 0 Å². The predicted molar refractivity (Wildman–Crippen MR) is 122 cm³/mol. The largest absolute Gasteiger partial charge is 0.479 e. The molecule has 184 valence electrons. The Morgan fingerprint density at radius 2 is 1.66 bits per heavy atom. The molecule has 1 atom stereocenters. The highest BCUT2D eigenvalue weighted by Crippen LogP contribution is 2.59. The number of aliphatic carboxylic acids is 1. The normalized spacial score (nSPS) is 25.0. The molecule has 4 aliphatic rings. The summed E-state index contributed by atoms with van der Waals surface area (Å²) in [5, 5.41) is 12.0. The topological polar surface area (TPSA) is 95.9 Å². The third-order valence-corrected chi connectivity index (χ3v) is 7.51. The van der Waals surface area contributed by atoms with Crippen molar-refractivity contribution in [2.45, 2.75) is 50.1 Å². The molecule has 2 N–H and O–H groups in total. The van der Waals surface area contributed by atoms with E-state index in [1.54, 1.807) is 0 Å². The van der Waals surface area contributed by atoms with Gasteiger partial charge in [0.15, 0.2) is 0 Å². The highest BCUT2D eigenvalue weighted by Gasteiger charge is 2.69. The Bertz CT molecular complexity index is 1150. The van der Waals surface area contributed by atoms with E-state index in [4.69, 9.17) is 4.74 Å². The van der Waals surface area contributed by atoms with Gasteiger partial charge >= 0.3 is 12.1 Å². The lowest BCUT2D eigenvalue weighted by atomic mass is 9.63. The number of ether oxygens (including phenoxy) is 1. The second-order valence-electron chi connectivity index (χ2n) is 10.1. The fraction of sp³-hybridized carbons (Fsp3) is 0.423. The zero-order chi connectivity index (χ0) is 25.0. The molecular weight excluding hydrogens is 458 g/mol. The Labute approximate surface area is 201 Å². The van der Waals surface area contributed by atoms with Crippen molar-refractivity contribution in [1.29, 1.82) is 0 Å². The lowest BCUT2D eigenvalue weighted by Gasteiger charge is -2.43. The van der Waals surface area contributed by atoms with Gasteiger partial charge in [-0.1, -0.05) is 55.5 Å². The molecule has 2 amide bonds. The summed E-state index contributed by atoms with van der Waals surface area (Å²) in [5.74, 6) is -2.20. The minimum atomic E-state index is -2.87.